The van der Waals surface area contributed by atoms with Crippen LogP contribution in [0.3, 0.4) is 0 Å². The highest BCUT2D eigenvalue weighted by molar-refractivity contribution is 7.89. The predicted molar refractivity (Wildman–Crippen MR) is 85.3 cm³/mol. The van der Waals surface area contributed by atoms with Gasteiger partial charge in [0.25, 0.3) is 10.0 Å². The minimum Gasteiger partial charge on any atom is -0.324 e. The van der Waals surface area contributed by atoms with Crippen LogP contribution in [0.5, 0.6) is 0 Å². The molecule has 1 aromatic carbocycles. The van der Waals surface area contributed by atoms with Gasteiger partial charge in [0.05, 0.1) is 10.6 Å². The molecule has 0 aliphatic heterocycles. The third-order valence-corrected chi connectivity index (χ3v) is 5.88. The highest BCUT2D eigenvalue weighted by atomic mass is 32.2. The topological polar surface area (TPSA) is 116 Å². The Bertz CT molecular complexity index is 679. The zero-order chi connectivity index (χ0) is 17.0. The summed E-state index contributed by atoms with van der Waals surface area (Å²) in [4.78, 5) is 20.7. The molecule has 1 unspecified atom stereocenters. The first kappa shape index (κ1) is 18.8. The minimum atomic E-state index is -4.37. The number of hydrogen-bond acceptors (Lipinski definition) is 4. The van der Waals surface area contributed by atoms with Crippen molar-refractivity contribution in [2.45, 2.75) is 44.2 Å². The van der Waals surface area contributed by atoms with E-state index in [0.717, 1.165) is 5.56 Å². The summed E-state index contributed by atoms with van der Waals surface area (Å²) in [5, 5.41) is 3.74. The zero-order valence-electron chi connectivity index (χ0n) is 12.7. The molecule has 0 saturated carbocycles. The maximum atomic E-state index is 12.1. The first-order valence-electron chi connectivity index (χ1n) is 6.82. The lowest BCUT2D eigenvalue weighted by Crippen LogP contribution is -2.26. The Balaban J connectivity index is 3.05. The van der Waals surface area contributed by atoms with Crippen LogP contribution in [0.1, 0.15) is 32.3 Å². The van der Waals surface area contributed by atoms with Gasteiger partial charge in [0, 0.05) is 0 Å². The second-order valence-corrected chi connectivity index (χ2v) is 8.34. The van der Waals surface area contributed by atoms with Crippen molar-refractivity contribution >= 4 is 23.3 Å². The summed E-state index contributed by atoms with van der Waals surface area (Å²) >= 11 is 0. The third kappa shape index (κ3) is 4.91. The molecule has 0 aliphatic rings. The molecular formula is C13H21N2O5PS. The number of benzene rings is 1. The quantitative estimate of drug-likeness (QED) is 0.396. The van der Waals surface area contributed by atoms with Crippen LogP contribution < -0.4 is 4.83 Å². The summed E-state index contributed by atoms with van der Waals surface area (Å²) in [7, 11) is -8.23. The molecule has 0 heterocycles. The summed E-state index contributed by atoms with van der Waals surface area (Å²) in [6.45, 7) is 5.11. The lowest BCUT2D eigenvalue weighted by Gasteiger charge is -2.18. The van der Waals surface area contributed by atoms with E-state index in [1.165, 1.54) is 12.1 Å². The van der Waals surface area contributed by atoms with Crippen molar-refractivity contribution in [3.63, 3.8) is 0 Å². The third-order valence-electron chi connectivity index (χ3n) is 3.18. The number of sulfonamides is 1. The molecule has 0 amide bonds. The SMILES string of the molecule is CCC(=NNS(=O)(=O)c1ccc(C)cc1)C(CC)P(=O)(O)O. The van der Waals surface area contributed by atoms with Crippen LogP contribution in [0.2, 0.25) is 0 Å². The molecule has 7 nitrogen and oxygen atoms in total. The van der Waals surface area contributed by atoms with Crippen LogP contribution >= 0.6 is 7.60 Å². The molecule has 0 fully saturated rings. The van der Waals surface area contributed by atoms with Crippen LogP contribution in [0.15, 0.2) is 34.3 Å². The van der Waals surface area contributed by atoms with E-state index in [9.17, 15) is 22.8 Å². The molecule has 9 heteroatoms. The van der Waals surface area contributed by atoms with Crippen molar-refractivity contribution in [1.82, 2.24) is 4.83 Å². The molecule has 124 valence electrons. The van der Waals surface area contributed by atoms with Crippen LogP contribution in [0.25, 0.3) is 0 Å². The molecule has 0 aliphatic carbocycles. The smallest absolute Gasteiger partial charge is 0.324 e. The van der Waals surface area contributed by atoms with E-state index in [0.29, 0.717) is 0 Å². The number of aryl methyl sites for hydroxylation is 1. The minimum absolute atomic E-state index is 0.0431. The van der Waals surface area contributed by atoms with E-state index in [1.807, 2.05) is 11.8 Å². The Morgan fingerprint density at radius 2 is 1.82 bits per heavy atom. The second kappa shape index (κ2) is 7.37. The first-order chi connectivity index (χ1) is 10.1. The van der Waals surface area contributed by atoms with Gasteiger partial charge in [-0.25, -0.2) is 4.83 Å². The molecule has 1 atom stereocenters. The molecule has 22 heavy (non-hydrogen) atoms. The number of nitrogens with one attached hydrogen (secondary N) is 1. The fourth-order valence-electron chi connectivity index (χ4n) is 1.95. The molecule has 0 spiro atoms. The lowest BCUT2D eigenvalue weighted by atomic mass is 10.2. The number of nitrogens with zero attached hydrogens (tertiary/aromatic N) is 1. The molecular weight excluding hydrogens is 327 g/mol. The van der Waals surface area contributed by atoms with Gasteiger partial charge < -0.3 is 9.79 Å². The summed E-state index contributed by atoms with van der Waals surface area (Å²) in [6.07, 6.45) is 0.406. The monoisotopic (exact) mass is 348 g/mol. The van der Waals surface area contributed by atoms with Crippen molar-refractivity contribution in [2.75, 3.05) is 0 Å². The van der Waals surface area contributed by atoms with Crippen LogP contribution in [-0.2, 0) is 14.6 Å². The maximum absolute atomic E-state index is 12.1. The van der Waals surface area contributed by atoms with Gasteiger partial charge in [-0.2, -0.15) is 13.5 Å². The second-order valence-electron chi connectivity index (χ2n) is 4.88. The Kier molecular flexibility index (Phi) is 6.31. The number of rotatable bonds is 7. The Morgan fingerprint density at radius 1 is 1.27 bits per heavy atom. The fourth-order valence-corrected chi connectivity index (χ4v) is 3.89. The largest absolute Gasteiger partial charge is 0.334 e. The van der Waals surface area contributed by atoms with Crippen molar-refractivity contribution in [1.29, 1.82) is 0 Å². The molecule has 0 saturated heterocycles. The maximum Gasteiger partial charge on any atom is 0.334 e. The summed E-state index contributed by atoms with van der Waals surface area (Å²) in [6, 6.07) is 6.20. The normalized spacial score (nSPS) is 14.7. The fraction of sp³-hybridized carbons (Fsp3) is 0.462. The van der Waals surface area contributed by atoms with E-state index < -0.39 is 23.3 Å². The van der Waals surface area contributed by atoms with E-state index >= 15 is 0 Å². The van der Waals surface area contributed by atoms with Crippen molar-refractivity contribution in [2.24, 2.45) is 5.10 Å². The van der Waals surface area contributed by atoms with Crippen molar-refractivity contribution < 1.29 is 22.8 Å². The summed E-state index contributed by atoms with van der Waals surface area (Å²) < 4.78 is 35.7. The number of hydrogen-bond donors (Lipinski definition) is 3. The first-order valence-corrected chi connectivity index (χ1v) is 9.98. The molecule has 1 rings (SSSR count). The molecule has 0 aromatic heterocycles. The zero-order valence-corrected chi connectivity index (χ0v) is 14.4. The molecule has 0 bridgehead atoms. The average Bonchev–Trinajstić information content (AvgIpc) is 2.42. The van der Waals surface area contributed by atoms with E-state index in [2.05, 4.69) is 5.10 Å². The Hall–Kier alpha value is -1.21. The lowest BCUT2D eigenvalue weighted by molar-refractivity contribution is 0.365. The summed E-state index contributed by atoms with van der Waals surface area (Å²) in [5.41, 5.74) is -0.0333. The van der Waals surface area contributed by atoms with Crippen LogP contribution in [0, 0.1) is 6.92 Å². The van der Waals surface area contributed by atoms with Gasteiger partial charge in [0.15, 0.2) is 0 Å². The molecule has 3 N–H and O–H groups in total. The van der Waals surface area contributed by atoms with Gasteiger partial charge in [0.1, 0.15) is 5.66 Å². The van der Waals surface area contributed by atoms with E-state index in [-0.39, 0.29) is 23.4 Å². The molecule has 1 aromatic rings. The Labute approximate surface area is 130 Å². The van der Waals surface area contributed by atoms with Crippen LogP contribution in [0.4, 0.5) is 0 Å². The summed E-state index contributed by atoms with van der Waals surface area (Å²) in [5.74, 6) is 0. The van der Waals surface area contributed by atoms with E-state index in [1.54, 1.807) is 26.0 Å². The Morgan fingerprint density at radius 3 is 2.23 bits per heavy atom. The van der Waals surface area contributed by atoms with Gasteiger partial charge in [0.2, 0.25) is 0 Å². The van der Waals surface area contributed by atoms with Crippen LogP contribution in [-0.4, -0.2) is 29.6 Å². The highest BCUT2D eigenvalue weighted by Gasteiger charge is 2.31. The standard InChI is InChI=1S/C13H21N2O5PS/c1-4-12(13(5-2)21(16,17)18)14-15-22(19,20)11-8-6-10(3)7-9-11/h6-9,13,15H,4-5H2,1-3H3,(H2,16,17,18). The van der Waals surface area contributed by atoms with E-state index in [4.69, 9.17) is 0 Å². The van der Waals surface area contributed by atoms with Crippen molar-refractivity contribution in [3.8, 4) is 0 Å². The van der Waals surface area contributed by atoms with Gasteiger partial charge in [-0.3, -0.25) is 4.57 Å². The van der Waals surface area contributed by atoms with Gasteiger partial charge >= 0.3 is 7.60 Å². The highest BCUT2D eigenvalue weighted by Crippen LogP contribution is 2.44. The average molecular weight is 348 g/mol. The van der Waals surface area contributed by atoms with Crippen molar-refractivity contribution in [3.05, 3.63) is 29.8 Å². The van der Waals surface area contributed by atoms with Gasteiger partial charge in [-0.1, -0.05) is 31.5 Å². The molecule has 0 radical (unpaired) electrons. The number of hydrazone groups is 1. The predicted octanol–water partition coefficient (Wildman–Crippen LogP) is 2.00. The van der Waals surface area contributed by atoms with Gasteiger partial charge in [-0.05, 0) is 31.9 Å². The van der Waals surface area contributed by atoms with Gasteiger partial charge in [-0.15, -0.1) is 0 Å².